The molecule has 0 fully saturated rings. The highest BCUT2D eigenvalue weighted by Crippen LogP contribution is 2.45. The Kier molecular flexibility index (Phi) is 5.93. The zero-order valence-electron chi connectivity index (χ0n) is 19.4. The molecule has 1 N–H and O–H groups in total. The van der Waals surface area contributed by atoms with Gasteiger partial charge < -0.3 is 5.32 Å². The maximum atomic E-state index is 13.2. The van der Waals surface area contributed by atoms with Crippen LogP contribution in [0.15, 0.2) is 75.6 Å². The molecule has 0 bridgehead atoms. The van der Waals surface area contributed by atoms with E-state index in [2.05, 4.69) is 104 Å². The van der Waals surface area contributed by atoms with Gasteiger partial charge >= 0.3 is 0 Å². The lowest BCUT2D eigenvalue weighted by molar-refractivity contribution is -0.118. The molecule has 0 saturated heterocycles. The first kappa shape index (κ1) is 22.3. The fraction of sp³-hybridized carbons (Fsp3) is 0.464. The Labute approximate surface area is 195 Å². The molecule has 31 heavy (non-hydrogen) atoms. The van der Waals surface area contributed by atoms with Crippen LogP contribution in [-0.2, 0) is 4.79 Å². The summed E-state index contributed by atoms with van der Waals surface area (Å²) in [6.45, 7) is 11.4. The van der Waals surface area contributed by atoms with Gasteiger partial charge in [-0.05, 0) is 66.9 Å². The molecule has 0 radical (unpaired) electrons. The van der Waals surface area contributed by atoms with Gasteiger partial charge in [-0.3, -0.25) is 4.79 Å². The Morgan fingerprint density at radius 1 is 1.10 bits per heavy atom. The first-order chi connectivity index (χ1) is 14.6. The second kappa shape index (κ2) is 8.24. The number of allylic oxidation sites excluding steroid dienone is 7. The van der Waals surface area contributed by atoms with Crippen molar-refractivity contribution in [2.24, 2.45) is 16.7 Å². The fourth-order valence-corrected chi connectivity index (χ4v) is 5.76. The quantitative estimate of drug-likeness (QED) is 0.452. The number of carbonyl (C=O) groups excluding carboxylic acids is 1. The Morgan fingerprint density at radius 3 is 2.48 bits per heavy atom. The summed E-state index contributed by atoms with van der Waals surface area (Å²) in [6, 6.07) is 8.40. The van der Waals surface area contributed by atoms with Gasteiger partial charge in [-0.15, -0.1) is 0 Å². The Hall–Kier alpha value is -1.87. The summed E-state index contributed by atoms with van der Waals surface area (Å²) >= 11 is 3.54. The van der Waals surface area contributed by atoms with E-state index < -0.39 is 0 Å². The summed E-state index contributed by atoms with van der Waals surface area (Å²) in [7, 11) is 0. The summed E-state index contributed by atoms with van der Waals surface area (Å²) in [5, 5.41) is 3.64. The van der Waals surface area contributed by atoms with Crippen molar-refractivity contribution in [2.45, 2.75) is 66.2 Å². The second-order valence-corrected chi connectivity index (χ2v) is 11.8. The van der Waals surface area contributed by atoms with Gasteiger partial charge in [0.1, 0.15) is 0 Å². The number of nitrogens with one attached hydrogen (secondary N) is 1. The van der Waals surface area contributed by atoms with E-state index in [1.54, 1.807) is 0 Å². The predicted molar refractivity (Wildman–Crippen MR) is 133 cm³/mol. The van der Waals surface area contributed by atoms with Crippen LogP contribution < -0.4 is 5.32 Å². The molecule has 4 rings (SSSR count). The zero-order chi connectivity index (χ0) is 22.4. The summed E-state index contributed by atoms with van der Waals surface area (Å²) in [5.74, 6) is 0.719. The lowest BCUT2D eigenvalue weighted by atomic mass is 9.68. The van der Waals surface area contributed by atoms with Crippen LogP contribution in [0.5, 0.6) is 0 Å². The first-order valence-corrected chi connectivity index (χ1v) is 12.2. The number of hydrogen-bond donors (Lipinski definition) is 1. The van der Waals surface area contributed by atoms with Crippen LogP contribution >= 0.6 is 15.9 Å². The van der Waals surface area contributed by atoms with E-state index in [0.29, 0.717) is 12.3 Å². The lowest BCUT2D eigenvalue weighted by Gasteiger charge is -2.38. The van der Waals surface area contributed by atoms with Crippen molar-refractivity contribution in [1.29, 1.82) is 0 Å². The van der Waals surface area contributed by atoms with Crippen LogP contribution in [0, 0.1) is 16.7 Å². The van der Waals surface area contributed by atoms with E-state index >= 15 is 0 Å². The van der Waals surface area contributed by atoms with E-state index in [4.69, 9.17) is 0 Å². The lowest BCUT2D eigenvalue weighted by Crippen LogP contribution is -2.35. The van der Waals surface area contributed by atoms with E-state index in [1.807, 2.05) is 0 Å². The highest BCUT2D eigenvalue weighted by Gasteiger charge is 2.38. The van der Waals surface area contributed by atoms with Crippen LogP contribution in [0.2, 0.25) is 0 Å². The van der Waals surface area contributed by atoms with Gasteiger partial charge in [-0.25, -0.2) is 0 Å². The SMILES string of the molecule is CC1=CCCC(C)(C)C1/C=C/C1=CC(c2ccc(Br)cc2)C2=C(CC(C)(C)CC2=O)N1. The molecule has 1 heterocycles. The predicted octanol–water partition coefficient (Wildman–Crippen LogP) is 7.60. The molecule has 1 aliphatic heterocycles. The Balaban J connectivity index is 1.72. The highest BCUT2D eigenvalue weighted by atomic mass is 79.9. The number of Topliss-reactive ketones (excluding diaryl/α,β-unsaturated/α-hetero) is 1. The molecule has 0 aromatic heterocycles. The molecule has 164 valence electrons. The van der Waals surface area contributed by atoms with Gasteiger partial charge in [0.25, 0.3) is 0 Å². The molecule has 0 amide bonds. The smallest absolute Gasteiger partial charge is 0.162 e. The largest absolute Gasteiger partial charge is 0.359 e. The van der Waals surface area contributed by atoms with Crippen molar-refractivity contribution >= 4 is 21.7 Å². The van der Waals surface area contributed by atoms with Gasteiger partial charge in [-0.2, -0.15) is 0 Å². The minimum Gasteiger partial charge on any atom is -0.359 e. The molecular formula is C28H34BrNO. The molecule has 0 spiro atoms. The van der Waals surface area contributed by atoms with E-state index in [1.165, 1.54) is 24.0 Å². The molecule has 1 aromatic rings. The fourth-order valence-electron chi connectivity index (χ4n) is 5.50. The minimum atomic E-state index is -0.00989. The van der Waals surface area contributed by atoms with Crippen molar-refractivity contribution in [3.05, 3.63) is 81.1 Å². The number of hydrogen-bond acceptors (Lipinski definition) is 2. The molecular weight excluding hydrogens is 446 g/mol. The average Bonchev–Trinajstić information content (AvgIpc) is 2.66. The third kappa shape index (κ3) is 4.67. The zero-order valence-corrected chi connectivity index (χ0v) is 21.0. The van der Waals surface area contributed by atoms with Crippen molar-refractivity contribution in [3.8, 4) is 0 Å². The van der Waals surface area contributed by atoms with Crippen molar-refractivity contribution in [2.75, 3.05) is 0 Å². The van der Waals surface area contributed by atoms with E-state index in [9.17, 15) is 4.79 Å². The average molecular weight is 480 g/mol. The third-order valence-corrected chi connectivity index (χ3v) is 7.69. The summed E-state index contributed by atoms with van der Waals surface area (Å²) in [6.07, 6.45) is 13.1. The van der Waals surface area contributed by atoms with Gasteiger partial charge in [-0.1, -0.05) is 73.5 Å². The topological polar surface area (TPSA) is 29.1 Å². The molecule has 1 aromatic carbocycles. The van der Waals surface area contributed by atoms with Crippen LogP contribution in [0.3, 0.4) is 0 Å². The number of carbonyl (C=O) groups is 1. The molecule has 2 nitrogen and oxygen atoms in total. The standard InChI is InChI=1S/C28H34BrNO/c1-18-7-6-14-28(4,5)23(18)13-12-21-15-22(19-8-10-20(29)11-9-19)26-24(30-21)16-27(2,3)17-25(26)31/h7-13,15,22-23,30H,6,14,16-17H2,1-5H3/b13-12+. The monoisotopic (exact) mass is 479 g/mol. The van der Waals surface area contributed by atoms with Crippen LogP contribution in [0.1, 0.15) is 71.8 Å². The summed E-state index contributed by atoms with van der Waals surface area (Å²) < 4.78 is 1.06. The van der Waals surface area contributed by atoms with Gasteiger partial charge in [0.2, 0.25) is 0 Å². The second-order valence-electron chi connectivity index (χ2n) is 10.9. The van der Waals surface area contributed by atoms with Crippen LogP contribution in [-0.4, -0.2) is 5.78 Å². The maximum absolute atomic E-state index is 13.2. The summed E-state index contributed by atoms with van der Waals surface area (Å²) in [5.41, 5.74) is 6.05. The molecule has 0 saturated carbocycles. The van der Waals surface area contributed by atoms with Crippen molar-refractivity contribution < 1.29 is 4.79 Å². The minimum absolute atomic E-state index is 0.00334. The Bertz CT molecular complexity index is 1000. The van der Waals surface area contributed by atoms with Crippen LogP contribution in [0.25, 0.3) is 0 Å². The number of ketones is 1. The number of halogens is 1. The molecule has 2 aliphatic carbocycles. The normalized spacial score (nSPS) is 27.5. The molecule has 3 aliphatic rings. The van der Waals surface area contributed by atoms with Crippen molar-refractivity contribution in [3.63, 3.8) is 0 Å². The first-order valence-electron chi connectivity index (χ1n) is 11.4. The molecule has 2 atom stereocenters. The molecule has 2 unspecified atom stereocenters. The number of dihydropyridines is 1. The Morgan fingerprint density at radius 2 is 1.81 bits per heavy atom. The third-order valence-electron chi connectivity index (χ3n) is 7.16. The van der Waals surface area contributed by atoms with Gasteiger partial charge in [0, 0.05) is 39.7 Å². The van der Waals surface area contributed by atoms with Crippen molar-refractivity contribution in [1.82, 2.24) is 5.32 Å². The highest BCUT2D eigenvalue weighted by molar-refractivity contribution is 9.10. The van der Waals surface area contributed by atoms with Gasteiger partial charge in [0.05, 0.1) is 0 Å². The number of benzene rings is 1. The van der Waals surface area contributed by atoms with E-state index in [-0.39, 0.29) is 22.5 Å². The molecule has 3 heteroatoms. The maximum Gasteiger partial charge on any atom is 0.162 e. The van der Waals surface area contributed by atoms with Gasteiger partial charge in [0.15, 0.2) is 5.78 Å². The summed E-state index contributed by atoms with van der Waals surface area (Å²) in [4.78, 5) is 13.2. The van der Waals surface area contributed by atoms with Crippen LogP contribution in [0.4, 0.5) is 0 Å². The van der Waals surface area contributed by atoms with E-state index in [0.717, 1.165) is 27.9 Å². The number of rotatable bonds is 3.